The quantitative estimate of drug-likeness (QED) is 0.359. The first kappa shape index (κ1) is 19.9. The van der Waals surface area contributed by atoms with Crippen molar-refractivity contribution in [2.75, 3.05) is 19.5 Å². The van der Waals surface area contributed by atoms with E-state index in [-0.39, 0.29) is 32.1 Å². The van der Waals surface area contributed by atoms with Crippen LogP contribution in [0.2, 0.25) is 10.0 Å². The second-order valence-electron chi connectivity index (χ2n) is 5.48. The van der Waals surface area contributed by atoms with Gasteiger partial charge in [-0.3, -0.25) is 9.78 Å². The molecule has 0 fully saturated rings. The highest BCUT2D eigenvalue weighted by Gasteiger charge is 2.21. The lowest BCUT2D eigenvalue weighted by molar-refractivity contribution is 0.218. The van der Waals surface area contributed by atoms with Gasteiger partial charge in [0.15, 0.2) is 0 Å². The first-order valence-corrected chi connectivity index (χ1v) is 9.33. The summed E-state index contributed by atoms with van der Waals surface area (Å²) in [4.78, 5) is 28.9. The molecular weight excluding hydrogens is 421 g/mol. The Balaban J connectivity index is 2.39. The zero-order valence-electron chi connectivity index (χ0n) is 13.8. The van der Waals surface area contributed by atoms with Crippen LogP contribution in [-0.2, 0) is 4.74 Å². The average molecular weight is 433 g/mol. The number of halogens is 4. The minimum Gasteiger partial charge on any atom is -0.384 e. The maximum absolute atomic E-state index is 14.5. The summed E-state index contributed by atoms with van der Waals surface area (Å²) >= 11 is 13.4. The molecule has 10 heteroatoms. The van der Waals surface area contributed by atoms with Crippen LogP contribution in [0.3, 0.4) is 0 Å². The third kappa shape index (κ3) is 3.89. The lowest BCUT2D eigenvalue weighted by atomic mass is 10.0. The molecule has 0 amide bonds. The number of rotatable bonds is 5. The van der Waals surface area contributed by atoms with Gasteiger partial charge in [-0.1, -0.05) is 23.2 Å². The van der Waals surface area contributed by atoms with E-state index in [1.165, 1.54) is 24.9 Å². The number of fused-ring (bicyclic) bond motifs is 1. The standard InChI is InChI=1S/C17H12Cl2F2N2O3S/c1-26-2-3-27-15-13(7-4-9(18)12(21)6-11(7)20)10(19)5-8-14(15)22-17(25)23-16(8)24/h4-6H,2-3H2,1H3,(H2,22,23,24,25). The number of benzene rings is 2. The molecule has 1 heterocycles. The number of aromatic amines is 2. The number of hydrogen-bond donors (Lipinski definition) is 2. The van der Waals surface area contributed by atoms with Crippen LogP contribution >= 0.6 is 35.0 Å². The van der Waals surface area contributed by atoms with Gasteiger partial charge in [-0.2, -0.15) is 0 Å². The molecule has 3 rings (SSSR count). The van der Waals surface area contributed by atoms with Gasteiger partial charge in [-0.05, 0) is 12.1 Å². The van der Waals surface area contributed by atoms with Gasteiger partial charge < -0.3 is 9.72 Å². The smallest absolute Gasteiger partial charge is 0.326 e. The average Bonchev–Trinajstić information content (AvgIpc) is 2.60. The van der Waals surface area contributed by atoms with Gasteiger partial charge in [0, 0.05) is 35.0 Å². The summed E-state index contributed by atoms with van der Waals surface area (Å²) in [5, 5.41) is -0.0896. The number of methoxy groups -OCH3 is 1. The molecule has 0 radical (unpaired) electrons. The molecule has 142 valence electrons. The molecule has 0 bridgehead atoms. The first-order valence-electron chi connectivity index (χ1n) is 7.59. The molecule has 0 spiro atoms. The molecule has 2 N–H and O–H groups in total. The fourth-order valence-corrected chi connectivity index (χ4v) is 4.23. The summed E-state index contributed by atoms with van der Waals surface area (Å²) in [5.41, 5.74) is -0.996. The van der Waals surface area contributed by atoms with Gasteiger partial charge in [0.2, 0.25) is 0 Å². The van der Waals surface area contributed by atoms with Crippen molar-refractivity contribution in [2.45, 2.75) is 4.90 Å². The van der Waals surface area contributed by atoms with E-state index >= 15 is 0 Å². The van der Waals surface area contributed by atoms with E-state index in [9.17, 15) is 18.4 Å². The fraction of sp³-hybridized carbons (Fsp3) is 0.176. The van der Waals surface area contributed by atoms with E-state index in [2.05, 4.69) is 9.97 Å². The zero-order chi connectivity index (χ0) is 19.7. The van der Waals surface area contributed by atoms with Crippen LogP contribution in [-0.4, -0.2) is 29.4 Å². The van der Waals surface area contributed by atoms with Gasteiger partial charge in [-0.15, -0.1) is 11.8 Å². The number of H-pyrrole nitrogens is 2. The molecule has 0 saturated heterocycles. The Labute approximate surface area is 165 Å². The Bertz CT molecular complexity index is 1150. The highest BCUT2D eigenvalue weighted by atomic mass is 35.5. The molecule has 0 aliphatic rings. The van der Waals surface area contributed by atoms with Crippen LogP contribution < -0.4 is 11.2 Å². The van der Waals surface area contributed by atoms with Gasteiger partial charge in [0.25, 0.3) is 5.56 Å². The van der Waals surface area contributed by atoms with E-state index in [4.69, 9.17) is 27.9 Å². The van der Waals surface area contributed by atoms with Crippen LogP contribution in [0.15, 0.2) is 32.7 Å². The zero-order valence-corrected chi connectivity index (χ0v) is 16.1. The van der Waals surface area contributed by atoms with Crippen molar-refractivity contribution in [1.29, 1.82) is 0 Å². The van der Waals surface area contributed by atoms with E-state index in [1.54, 1.807) is 0 Å². The normalized spacial score (nSPS) is 11.3. The lowest BCUT2D eigenvalue weighted by Gasteiger charge is -2.15. The van der Waals surface area contributed by atoms with Crippen LogP contribution in [0.1, 0.15) is 0 Å². The Kier molecular flexibility index (Phi) is 5.90. The van der Waals surface area contributed by atoms with Crippen LogP contribution in [0, 0.1) is 11.6 Å². The van der Waals surface area contributed by atoms with E-state index < -0.39 is 22.9 Å². The van der Waals surface area contributed by atoms with Gasteiger partial charge in [0.1, 0.15) is 11.6 Å². The Morgan fingerprint density at radius 3 is 2.52 bits per heavy atom. The maximum Gasteiger partial charge on any atom is 0.326 e. The largest absolute Gasteiger partial charge is 0.384 e. The topological polar surface area (TPSA) is 75.0 Å². The summed E-state index contributed by atoms with van der Waals surface area (Å²) in [7, 11) is 1.52. The maximum atomic E-state index is 14.5. The SMILES string of the molecule is COCCSc1c(-c2cc(Cl)c(F)cc2F)c(Cl)cc2c(=O)[nH]c(=O)[nH]c12. The second kappa shape index (κ2) is 8.02. The monoisotopic (exact) mass is 432 g/mol. The summed E-state index contributed by atoms with van der Waals surface area (Å²) < 4.78 is 33.1. The van der Waals surface area contributed by atoms with Gasteiger partial charge in [0.05, 0.1) is 27.6 Å². The van der Waals surface area contributed by atoms with Crippen molar-refractivity contribution >= 4 is 45.9 Å². The van der Waals surface area contributed by atoms with Crippen LogP contribution in [0.4, 0.5) is 8.78 Å². The number of thioether (sulfide) groups is 1. The Morgan fingerprint density at radius 1 is 1.07 bits per heavy atom. The predicted molar refractivity (Wildman–Crippen MR) is 103 cm³/mol. The van der Waals surface area contributed by atoms with Gasteiger partial charge in [-0.25, -0.2) is 13.6 Å². The van der Waals surface area contributed by atoms with E-state index in [1.807, 2.05) is 0 Å². The molecule has 0 aliphatic heterocycles. The van der Waals surface area contributed by atoms with E-state index in [0.717, 1.165) is 6.07 Å². The second-order valence-corrected chi connectivity index (χ2v) is 7.40. The Morgan fingerprint density at radius 2 is 1.81 bits per heavy atom. The summed E-state index contributed by atoms with van der Waals surface area (Å²) in [6.07, 6.45) is 0. The van der Waals surface area contributed by atoms with Crippen molar-refractivity contribution in [3.63, 3.8) is 0 Å². The molecule has 0 aliphatic carbocycles. The number of aromatic nitrogens is 2. The Hall–Kier alpha value is -1.87. The first-order chi connectivity index (χ1) is 12.8. The van der Waals surface area contributed by atoms with Crippen molar-refractivity contribution in [1.82, 2.24) is 9.97 Å². The van der Waals surface area contributed by atoms with Crippen molar-refractivity contribution in [2.24, 2.45) is 0 Å². The predicted octanol–water partition coefficient (Wildman–Crippen LogP) is 4.21. The molecule has 5 nitrogen and oxygen atoms in total. The molecule has 3 aromatic rings. The van der Waals surface area contributed by atoms with Crippen molar-refractivity contribution in [3.05, 3.63) is 60.7 Å². The molecule has 0 unspecified atom stereocenters. The summed E-state index contributed by atoms with van der Waals surface area (Å²) in [6, 6.07) is 3.09. The molecule has 0 atom stereocenters. The highest BCUT2D eigenvalue weighted by Crippen LogP contribution is 2.42. The highest BCUT2D eigenvalue weighted by molar-refractivity contribution is 7.99. The lowest BCUT2D eigenvalue weighted by Crippen LogP contribution is -2.22. The molecular formula is C17H12Cl2F2N2O3S. The fourth-order valence-electron chi connectivity index (χ4n) is 2.58. The number of ether oxygens (including phenoxy) is 1. The van der Waals surface area contributed by atoms with E-state index in [0.29, 0.717) is 23.3 Å². The number of nitrogens with one attached hydrogen (secondary N) is 2. The summed E-state index contributed by atoms with van der Waals surface area (Å²) in [5.74, 6) is -1.35. The third-order valence-corrected chi connectivity index (χ3v) is 5.41. The molecule has 2 aromatic carbocycles. The van der Waals surface area contributed by atoms with Crippen LogP contribution in [0.5, 0.6) is 0 Å². The minimum absolute atomic E-state index is 0.0469. The van der Waals surface area contributed by atoms with Gasteiger partial charge >= 0.3 is 5.69 Å². The molecule has 0 saturated carbocycles. The minimum atomic E-state index is -0.909. The molecule has 27 heavy (non-hydrogen) atoms. The van der Waals surface area contributed by atoms with Crippen molar-refractivity contribution in [3.8, 4) is 11.1 Å². The third-order valence-electron chi connectivity index (χ3n) is 3.76. The summed E-state index contributed by atoms with van der Waals surface area (Å²) in [6.45, 7) is 0.359. The van der Waals surface area contributed by atoms with Crippen molar-refractivity contribution < 1.29 is 13.5 Å². The number of hydrogen-bond acceptors (Lipinski definition) is 4. The van der Waals surface area contributed by atoms with Crippen LogP contribution in [0.25, 0.3) is 22.0 Å². The molecule has 1 aromatic heterocycles.